The summed E-state index contributed by atoms with van der Waals surface area (Å²) in [6, 6.07) is 3.50. The van der Waals surface area contributed by atoms with E-state index < -0.39 is 0 Å². The Morgan fingerprint density at radius 2 is 1.81 bits per heavy atom. The normalized spacial score (nSPS) is 21.1. The van der Waals surface area contributed by atoms with Crippen molar-refractivity contribution in [2.45, 2.75) is 12.4 Å². The largest absolute Gasteiger partial charge is 0.493 e. The lowest BCUT2D eigenvalue weighted by Gasteiger charge is -2.16. The smallest absolute Gasteiger partial charge is 0.203 e. The minimum absolute atomic E-state index is 0.0911. The SMILES string of the molecule is COc1cc(OCC2COC(CBr)O2)cc(OC)c1OC. The number of hydrogen-bond acceptors (Lipinski definition) is 6. The van der Waals surface area contributed by atoms with Gasteiger partial charge in [-0.25, -0.2) is 0 Å². The summed E-state index contributed by atoms with van der Waals surface area (Å²) < 4.78 is 32.6. The van der Waals surface area contributed by atoms with Gasteiger partial charge in [0, 0.05) is 12.1 Å². The van der Waals surface area contributed by atoms with Crippen LogP contribution in [0, 0.1) is 0 Å². The van der Waals surface area contributed by atoms with Crippen molar-refractivity contribution in [1.82, 2.24) is 0 Å². The van der Waals surface area contributed by atoms with Crippen LogP contribution in [-0.2, 0) is 9.47 Å². The lowest BCUT2D eigenvalue weighted by atomic mass is 10.2. The summed E-state index contributed by atoms with van der Waals surface area (Å²) in [5.74, 6) is 2.25. The second kappa shape index (κ2) is 7.72. The minimum Gasteiger partial charge on any atom is -0.493 e. The first-order valence-electron chi connectivity index (χ1n) is 6.47. The summed E-state index contributed by atoms with van der Waals surface area (Å²) >= 11 is 3.32. The molecule has 118 valence electrons. The number of methoxy groups -OCH3 is 3. The molecule has 2 atom stereocenters. The highest BCUT2D eigenvalue weighted by Gasteiger charge is 2.25. The van der Waals surface area contributed by atoms with E-state index in [0.29, 0.717) is 41.5 Å². The zero-order valence-corrected chi connectivity index (χ0v) is 13.8. The van der Waals surface area contributed by atoms with Crippen molar-refractivity contribution in [1.29, 1.82) is 0 Å². The molecule has 21 heavy (non-hydrogen) atoms. The highest BCUT2D eigenvalue weighted by Crippen LogP contribution is 2.40. The van der Waals surface area contributed by atoms with Gasteiger partial charge in [0.2, 0.25) is 5.75 Å². The van der Waals surface area contributed by atoms with E-state index in [1.54, 1.807) is 33.5 Å². The summed E-state index contributed by atoms with van der Waals surface area (Å²) in [7, 11) is 4.69. The van der Waals surface area contributed by atoms with Crippen LogP contribution < -0.4 is 18.9 Å². The second-order valence-electron chi connectivity index (χ2n) is 4.35. The fourth-order valence-electron chi connectivity index (χ4n) is 2.01. The molecule has 0 bridgehead atoms. The molecule has 0 spiro atoms. The Bertz CT molecular complexity index is 442. The molecule has 1 aliphatic heterocycles. The van der Waals surface area contributed by atoms with Gasteiger partial charge < -0.3 is 28.4 Å². The van der Waals surface area contributed by atoms with Gasteiger partial charge in [-0.2, -0.15) is 0 Å². The Balaban J connectivity index is 2.03. The topological polar surface area (TPSA) is 55.4 Å². The molecule has 1 aromatic rings. The van der Waals surface area contributed by atoms with E-state index in [1.807, 2.05) is 0 Å². The van der Waals surface area contributed by atoms with Crippen molar-refractivity contribution in [3.8, 4) is 23.0 Å². The third-order valence-electron chi connectivity index (χ3n) is 3.01. The molecule has 1 saturated heterocycles. The predicted octanol–water partition coefficient (Wildman–Crippen LogP) is 2.23. The number of alkyl halides is 1. The van der Waals surface area contributed by atoms with Crippen LogP contribution in [0.5, 0.6) is 23.0 Å². The van der Waals surface area contributed by atoms with Crippen LogP contribution in [0.2, 0.25) is 0 Å². The van der Waals surface area contributed by atoms with Crippen LogP contribution in [-0.4, -0.2) is 52.3 Å². The zero-order valence-electron chi connectivity index (χ0n) is 12.3. The maximum atomic E-state index is 5.73. The molecule has 1 aliphatic rings. The lowest BCUT2D eigenvalue weighted by molar-refractivity contribution is -0.0443. The molecule has 0 amide bonds. The van der Waals surface area contributed by atoms with Crippen molar-refractivity contribution in [3.63, 3.8) is 0 Å². The Labute approximate surface area is 132 Å². The summed E-state index contributed by atoms with van der Waals surface area (Å²) in [4.78, 5) is 0. The van der Waals surface area contributed by atoms with Gasteiger partial charge in [-0.15, -0.1) is 0 Å². The summed E-state index contributed by atoms with van der Waals surface area (Å²) in [5.41, 5.74) is 0. The average Bonchev–Trinajstić information content (AvgIpc) is 2.99. The molecule has 1 heterocycles. The Kier molecular flexibility index (Phi) is 5.96. The van der Waals surface area contributed by atoms with Crippen LogP contribution in [0.15, 0.2) is 12.1 Å². The van der Waals surface area contributed by atoms with E-state index in [-0.39, 0.29) is 12.4 Å². The van der Waals surface area contributed by atoms with Crippen LogP contribution in [0.25, 0.3) is 0 Å². The van der Waals surface area contributed by atoms with Crippen molar-refractivity contribution >= 4 is 15.9 Å². The maximum Gasteiger partial charge on any atom is 0.203 e. The van der Waals surface area contributed by atoms with E-state index in [0.717, 1.165) is 0 Å². The van der Waals surface area contributed by atoms with Gasteiger partial charge in [-0.1, -0.05) is 15.9 Å². The number of halogens is 1. The van der Waals surface area contributed by atoms with E-state index in [1.165, 1.54) is 0 Å². The van der Waals surface area contributed by atoms with Gasteiger partial charge in [0.1, 0.15) is 18.5 Å². The van der Waals surface area contributed by atoms with Gasteiger partial charge in [0.05, 0.1) is 33.3 Å². The first kappa shape index (κ1) is 16.2. The van der Waals surface area contributed by atoms with Gasteiger partial charge in [-0.3, -0.25) is 0 Å². The number of ether oxygens (including phenoxy) is 6. The van der Waals surface area contributed by atoms with Crippen molar-refractivity contribution < 1.29 is 28.4 Å². The molecular weight excluding hydrogens is 344 g/mol. The molecule has 0 aliphatic carbocycles. The molecule has 1 aromatic carbocycles. The van der Waals surface area contributed by atoms with Crippen LogP contribution >= 0.6 is 15.9 Å². The van der Waals surface area contributed by atoms with E-state index in [9.17, 15) is 0 Å². The standard InChI is InChI=1S/C14H19BrO6/c1-16-11-4-9(5-12(17-2)14(11)18-3)19-7-10-8-20-13(6-15)21-10/h4-5,10,13H,6-8H2,1-3H3. The molecule has 0 N–H and O–H groups in total. The average molecular weight is 363 g/mol. The lowest BCUT2D eigenvalue weighted by Crippen LogP contribution is -2.21. The number of hydrogen-bond donors (Lipinski definition) is 0. The first-order valence-corrected chi connectivity index (χ1v) is 7.59. The number of benzene rings is 1. The van der Waals surface area contributed by atoms with Gasteiger partial charge >= 0.3 is 0 Å². The maximum absolute atomic E-state index is 5.73. The Hall–Kier alpha value is -1.18. The van der Waals surface area contributed by atoms with Gasteiger partial charge in [0.15, 0.2) is 17.8 Å². The molecule has 2 unspecified atom stereocenters. The molecule has 0 radical (unpaired) electrons. The highest BCUT2D eigenvalue weighted by atomic mass is 79.9. The first-order chi connectivity index (χ1) is 10.2. The fourth-order valence-corrected chi connectivity index (χ4v) is 2.35. The van der Waals surface area contributed by atoms with Gasteiger partial charge in [0.25, 0.3) is 0 Å². The molecular formula is C14H19BrO6. The zero-order chi connectivity index (χ0) is 15.2. The molecule has 1 fully saturated rings. The summed E-state index contributed by atoms with van der Waals surface area (Å²) in [6.07, 6.45) is -0.301. The quantitative estimate of drug-likeness (QED) is 0.693. The van der Waals surface area contributed by atoms with Crippen LogP contribution in [0.1, 0.15) is 0 Å². The third-order valence-corrected chi connectivity index (χ3v) is 3.54. The summed E-state index contributed by atoms with van der Waals surface area (Å²) in [5, 5.41) is 0.647. The monoisotopic (exact) mass is 362 g/mol. The Morgan fingerprint density at radius 1 is 1.14 bits per heavy atom. The molecule has 0 aromatic heterocycles. The molecule has 6 nitrogen and oxygen atoms in total. The highest BCUT2D eigenvalue weighted by molar-refractivity contribution is 9.09. The molecule has 2 rings (SSSR count). The Morgan fingerprint density at radius 3 is 2.29 bits per heavy atom. The predicted molar refractivity (Wildman–Crippen MR) is 80.0 cm³/mol. The van der Waals surface area contributed by atoms with Crippen molar-refractivity contribution in [2.24, 2.45) is 0 Å². The number of rotatable bonds is 7. The fraction of sp³-hybridized carbons (Fsp3) is 0.571. The van der Waals surface area contributed by atoms with Crippen molar-refractivity contribution in [3.05, 3.63) is 12.1 Å². The van der Waals surface area contributed by atoms with E-state index in [2.05, 4.69) is 15.9 Å². The summed E-state index contributed by atoms with van der Waals surface area (Å²) in [6.45, 7) is 0.906. The minimum atomic E-state index is -0.210. The molecule has 7 heteroatoms. The van der Waals surface area contributed by atoms with Crippen molar-refractivity contribution in [2.75, 3.05) is 39.9 Å². The van der Waals surface area contributed by atoms with Crippen LogP contribution in [0.3, 0.4) is 0 Å². The van der Waals surface area contributed by atoms with Gasteiger partial charge in [-0.05, 0) is 0 Å². The van der Waals surface area contributed by atoms with Crippen LogP contribution in [0.4, 0.5) is 0 Å². The van der Waals surface area contributed by atoms with E-state index >= 15 is 0 Å². The molecule has 0 saturated carbocycles. The van der Waals surface area contributed by atoms with E-state index in [4.69, 9.17) is 28.4 Å². The second-order valence-corrected chi connectivity index (χ2v) is 4.99. The third kappa shape index (κ3) is 3.93.